The summed E-state index contributed by atoms with van der Waals surface area (Å²) in [6.45, 7) is 8.02. The van der Waals surface area contributed by atoms with Gasteiger partial charge >= 0.3 is 11.9 Å². The minimum Gasteiger partial charge on any atom is -0.479 e. The summed E-state index contributed by atoms with van der Waals surface area (Å²) in [6, 6.07) is 0. The zero-order valence-corrected chi connectivity index (χ0v) is 28.8. The topological polar surface area (TPSA) is 83.8 Å². The molecule has 5 heteroatoms. The highest BCUT2D eigenvalue weighted by atomic mass is 16.5. The van der Waals surface area contributed by atoms with E-state index in [4.69, 9.17) is 14.9 Å². The molecule has 0 rings (SSSR count). The van der Waals surface area contributed by atoms with Crippen molar-refractivity contribution in [3.8, 4) is 0 Å². The Morgan fingerprint density at radius 2 is 0.762 bits per heavy atom. The standard InChI is InChI=1S/C34H68O2.C3H6O3/c1-4-7-10-13-15-16-17-18-19-20-21-22-24-26-29-32-34(35)36-33(30-27-12-9-6-3)31-28-25-23-14-11-8-5-2;1-2(4)3(5)6/h33H,4-32H2,1-3H3;2,4H,1H3,(H,5,6). The molecule has 0 aliphatic rings. The molecule has 0 spiro atoms. The van der Waals surface area contributed by atoms with Crippen molar-refractivity contribution in [1.82, 2.24) is 0 Å². The molecule has 2 atom stereocenters. The Hall–Kier alpha value is -1.10. The molecule has 0 aromatic heterocycles. The Labute approximate surface area is 262 Å². The van der Waals surface area contributed by atoms with Crippen LogP contribution >= 0.6 is 0 Å². The fourth-order valence-corrected chi connectivity index (χ4v) is 5.28. The molecule has 0 aliphatic heterocycles. The van der Waals surface area contributed by atoms with Gasteiger partial charge < -0.3 is 14.9 Å². The summed E-state index contributed by atoms with van der Waals surface area (Å²) in [5, 5.41) is 15.8. The van der Waals surface area contributed by atoms with Crippen molar-refractivity contribution < 1.29 is 24.5 Å². The Morgan fingerprint density at radius 3 is 1.07 bits per heavy atom. The number of aliphatic hydroxyl groups excluding tert-OH is 1. The SMILES string of the molecule is CC(O)C(=O)O.CCCCCCCCCCCCCCCCCC(=O)OC(CCCCCC)CCCCCCCCC. The molecule has 0 aromatic carbocycles. The number of carboxylic acid groups (broad SMARTS) is 1. The van der Waals surface area contributed by atoms with Crippen LogP contribution in [0, 0.1) is 0 Å². The van der Waals surface area contributed by atoms with Crippen LogP contribution in [0.15, 0.2) is 0 Å². The zero-order valence-electron chi connectivity index (χ0n) is 28.8. The van der Waals surface area contributed by atoms with Gasteiger partial charge in [0.1, 0.15) is 12.2 Å². The maximum absolute atomic E-state index is 12.5. The Morgan fingerprint density at radius 1 is 0.500 bits per heavy atom. The van der Waals surface area contributed by atoms with E-state index in [1.165, 1.54) is 167 Å². The molecule has 2 unspecified atom stereocenters. The predicted octanol–water partition coefficient (Wildman–Crippen LogP) is 11.7. The zero-order chi connectivity index (χ0) is 31.5. The van der Waals surface area contributed by atoms with E-state index in [0.717, 1.165) is 19.3 Å². The highest BCUT2D eigenvalue weighted by Crippen LogP contribution is 2.18. The van der Waals surface area contributed by atoms with E-state index in [2.05, 4.69) is 20.8 Å². The minimum absolute atomic E-state index is 0.0631. The minimum atomic E-state index is -1.23. The van der Waals surface area contributed by atoms with E-state index in [0.29, 0.717) is 6.42 Å². The van der Waals surface area contributed by atoms with Gasteiger partial charge in [0.05, 0.1) is 0 Å². The van der Waals surface area contributed by atoms with Crippen LogP contribution in [0.1, 0.15) is 214 Å². The lowest BCUT2D eigenvalue weighted by molar-refractivity contribution is -0.150. The molecule has 42 heavy (non-hydrogen) atoms. The number of ether oxygens (including phenoxy) is 1. The normalized spacial score (nSPS) is 12.4. The Balaban J connectivity index is 0. The van der Waals surface area contributed by atoms with E-state index in [1.807, 2.05) is 0 Å². The lowest BCUT2D eigenvalue weighted by Gasteiger charge is -2.18. The summed E-state index contributed by atoms with van der Waals surface area (Å²) in [4.78, 5) is 21.9. The van der Waals surface area contributed by atoms with Crippen LogP contribution in [0.25, 0.3) is 0 Å². The molecule has 252 valence electrons. The summed E-state index contributed by atoms with van der Waals surface area (Å²) in [7, 11) is 0. The monoisotopic (exact) mass is 599 g/mol. The summed E-state index contributed by atoms with van der Waals surface area (Å²) in [5.41, 5.74) is 0. The van der Waals surface area contributed by atoms with Crippen molar-refractivity contribution in [3.63, 3.8) is 0 Å². The number of esters is 1. The van der Waals surface area contributed by atoms with Crippen molar-refractivity contribution >= 4 is 11.9 Å². The van der Waals surface area contributed by atoms with Gasteiger partial charge in [0.15, 0.2) is 0 Å². The number of hydrogen-bond donors (Lipinski definition) is 2. The number of unbranched alkanes of at least 4 members (excludes halogenated alkanes) is 23. The first-order chi connectivity index (χ1) is 20.4. The number of carboxylic acids is 1. The molecule has 0 saturated carbocycles. The summed E-state index contributed by atoms with van der Waals surface area (Å²) >= 11 is 0. The van der Waals surface area contributed by atoms with Crippen LogP contribution in [-0.4, -0.2) is 34.4 Å². The Kier molecular flexibility index (Phi) is 37.0. The first-order valence-electron chi connectivity index (χ1n) is 18.5. The quantitative estimate of drug-likeness (QED) is 0.0612. The Bertz CT molecular complexity index is 548. The van der Waals surface area contributed by atoms with Gasteiger partial charge in [-0.25, -0.2) is 4.79 Å². The van der Waals surface area contributed by atoms with E-state index < -0.39 is 12.1 Å². The molecule has 5 nitrogen and oxygen atoms in total. The average molecular weight is 599 g/mol. The van der Waals surface area contributed by atoms with Crippen molar-refractivity contribution in [3.05, 3.63) is 0 Å². The third kappa shape index (κ3) is 36.9. The molecule has 2 N–H and O–H groups in total. The second-order valence-corrected chi connectivity index (χ2v) is 12.6. The first kappa shape index (κ1) is 43.0. The highest BCUT2D eigenvalue weighted by molar-refractivity contribution is 5.71. The maximum Gasteiger partial charge on any atom is 0.332 e. The molecule has 0 amide bonds. The fraction of sp³-hybridized carbons (Fsp3) is 0.946. The average Bonchev–Trinajstić information content (AvgIpc) is 2.97. The van der Waals surface area contributed by atoms with Crippen LogP contribution < -0.4 is 0 Å². The first-order valence-corrected chi connectivity index (χ1v) is 18.5. The van der Waals surface area contributed by atoms with E-state index >= 15 is 0 Å². The van der Waals surface area contributed by atoms with Gasteiger partial charge in [-0.3, -0.25) is 4.79 Å². The van der Waals surface area contributed by atoms with Gasteiger partial charge in [-0.05, 0) is 39.0 Å². The van der Waals surface area contributed by atoms with Crippen molar-refractivity contribution in [1.29, 1.82) is 0 Å². The molecule has 0 aliphatic carbocycles. The number of carbonyl (C=O) groups is 2. The van der Waals surface area contributed by atoms with Gasteiger partial charge in [0.25, 0.3) is 0 Å². The second kappa shape index (κ2) is 36.1. The van der Waals surface area contributed by atoms with Gasteiger partial charge in [-0.2, -0.15) is 0 Å². The molecule has 0 radical (unpaired) electrons. The molecular formula is C37H74O5. The molecule has 0 fully saturated rings. The third-order valence-corrected chi connectivity index (χ3v) is 8.15. The lowest BCUT2D eigenvalue weighted by atomic mass is 10.0. The van der Waals surface area contributed by atoms with Crippen LogP contribution in [0.5, 0.6) is 0 Å². The molecule has 0 bridgehead atoms. The van der Waals surface area contributed by atoms with Crippen molar-refractivity contribution in [2.75, 3.05) is 0 Å². The van der Waals surface area contributed by atoms with Crippen LogP contribution in [0.3, 0.4) is 0 Å². The number of rotatable bonds is 31. The van der Waals surface area contributed by atoms with E-state index in [9.17, 15) is 9.59 Å². The third-order valence-electron chi connectivity index (χ3n) is 8.15. The number of carbonyl (C=O) groups excluding carboxylic acids is 1. The van der Waals surface area contributed by atoms with Crippen LogP contribution in [-0.2, 0) is 14.3 Å². The summed E-state index contributed by atoms with van der Waals surface area (Å²) in [6.07, 6.45) is 36.5. The lowest BCUT2D eigenvalue weighted by Crippen LogP contribution is -2.18. The fourth-order valence-electron chi connectivity index (χ4n) is 5.28. The summed E-state index contributed by atoms with van der Waals surface area (Å²) in [5.74, 6) is -1.12. The van der Waals surface area contributed by atoms with Crippen molar-refractivity contribution in [2.45, 2.75) is 226 Å². The van der Waals surface area contributed by atoms with Gasteiger partial charge in [-0.1, -0.05) is 168 Å². The predicted molar refractivity (Wildman–Crippen MR) is 180 cm³/mol. The molecule has 0 aromatic rings. The maximum atomic E-state index is 12.5. The highest BCUT2D eigenvalue weighted by Gasteiger charge is 2.14. The van der Waals surface area contributed by atoms with Gasteiger partial charge in [-0.15, -0.1) is 0 Å². The van der Waals surface area contributed by atoms with Crippen LogP contribution in [0.4, 0.5) is 0 Å². The summed E-state index contributed by atoms with van der Waals surface area (Å²) < 4.78 is 5.96. The second-order valence-electron chi connectivity index (χ2n) is 12.6. The number of hydrogen-bond acceptors (Lipinski definition) is 4. The molecule has 0 heterocycles. The smallest absolute Gasteiger partial charge is 0.332 e. The van der Waals surface area contributed by atoms with Crippen LogP contribution in [0.2, 0.25) is 0 Å². The number of aliphatic carboxylic acids is 1. The largest absolute Gasteiger partial charge is 0.479 e. The molecule has 0 saturated heterocycles. The van der Waals surface area contributed by atoms with Crippen molar-refractivity contribution in [2.24, 2.45) is 0 Å². The molecular weight excluding hydrogens is 524 g/mol. The van der Waals surface area contributed by atoms with E-state index in [-0.39, 0.29) is 12.1 Å². The number of aliphatic hydroxyl groups is 1. The van der Waals surface area contributed by atoms with E-state index in [1.54, 1.807) is 0 Å². The van der Waals surface area contributed by atoms with Gasteiger partial charge in [0, 0.05) is 6.42 Å². The van der Waals surface area contributed by atoms with Gasteiger partial charge in [0.2, 0.25) is 0 Å².